The number of hydrogen-bond acceptors (Lipinski definition) is 5. The van der Waals surface area contributed by atoms with Crippen molar-refractivity contribution in [2.45, 2.75) is 13.0 Å². The molecule has 0 bridgehead atoms. The molecule has 138 valence electrons. The Morgan fingerprint density at radius 2 is 1.96 bits per heavy atom. The number of benzene rings is 1. The Hall–Kier alpha value is -3.41. The molecule has 0 atom stereocenters. The third kappa shape index (κ3) is 5.54. The van der Waals surface area contributed by atoms with Crippen LogP contribution >= 0.6 is 0 Å². The van der Waals surface area contributed by atoms with Gasteiger partial charge in [-0.05, 0) is 48.4 Å². The molecule has 2 heterocycles. The highest BCUT2D eigenvalue weighted by atomic mass is 16.5. The zero-order valence-electron chi connectivity index (χ0n) is 15.2. The van der Waals surface area contributed by atoms with Crippen molar-refractivity contribution in [3.05, 3.63) is 83.9 Å². The van der Waals surface area contributed by atoms with Gasteiger partial charge in [-0.2, -0.15) is 0 Å². The second-order valence-corrected chi connectivity index (χ2v) is 5.96. The van der Waals surface area contributed by atoms with Gasteiger partial charge in [0.05, 0.1) is 19.3 Å². The number of ether oxygens (including phenoxy) is 1. The lowest BCUT2D eigenvalue weighted by molar-refractivity contribution is 0.0949. The molecule has 0 radical (unpaired) electrons. The SMILES string of the molecule is COc1cccc(CCNC(=O)c2cc(NCc3ccccn3)ccn2)c1. The van der Waals surface area contributed by atoms with Crippen molar-refractivity contribution in [3.63, 3.8) is 0 Å². The van der Waals surface area contributed by atoms with E-state index in [0.29, 0.717) is 18.8 Å². The summed E-state index contributed by atoms with van der Waals surface area (Å²) in [5.41, 5.74) is 3.24. The van der Waals surface area contributed by atoms with E-state index >= 15 is 0 Å². The Bertz CT molecular complexity index is 884. The molecule has 0 aliphatic heterocycles. The summed E-state index contributed by atoms with van der Waals surface area (Å²) in [5.74, 6) is 0.617. The highest BCUT2D eigenvalue weighted by Crippen LogP contribution is 2.13. The molecule has 0 saturated heterocycles. The minimum atomic E-state index is -0.195. The summed E-state index contributed by atoms with van der Waals surface area (Å²) in [5, 5.41) is 6.16. The number of anilines is 1. The summed E-state index contributed by atoms with van der Waals surface area (Å²) >= 11 is 0. The number of nitrogens with zero attached hydrogens (tertiary/aromatic N) is 2. The van der Waals surface area contributed by atoms with E-state index in [4.69, 9.17) is 4.74 Å². The average molecular weight is 362 g/mol. The highest BCUT2D eigenvalue weighted by Gasteiger charge is 2.08. The van der Waals surface area contributed by atoms with Crippen LogP contribution in [0.25, 0.3) is 0 Å². The number of carbonyl (C=O) groups excluding carboxylic acids is 1. The molecule has 3 aromatic rings. The second-order valence-electron chi connectivity index (χ2n) is 5.96. The summed E-state index contributed by atoms with van der Waals surface area (Å²) < 4.78 is 5.21. The Morgan fingerprint density at radius 3 is 2.78 bits per heavy atom. The quantitative estimate of drug-likeness (QED) is 0.644. The van der Waals surface area contributed by atoms with Crippen LogP contribution in [0.1, 0.15) is 21.7 Å². The first-order chi connectivity index (χ1) is 13.2. The van der Waals surface area contributed by atoms with Gasteiger partial charge in [0.25, 0.3) is 5.91 Å². The normalized spacial score (nSPS) is 10.3. The molecule has 2 N–H and O–H groups in total. The second kappa shape index (κ2) is 9.33. The molecular formula is C21H22N4O2. The minimum absolute atomic E-state index is 0.195. The first-order valence-electron chi connectivity index (χ1n) is 8.75. The van der Waals surface area contributed by atoms with E-state index in [2.05, 4.69) is 20.6 Å². The van der Waals surface area contributed by atoms with E-state index in [0.717, 1.165) is 29.1 Å². The van der Waals surface area contributed by atoms with Crippen molar-refractivity contribution in [3.8, 4) is 5.75 Å². The monoisotopic (exact) mass is 362 g/mol. The Morgan fingerprint density at radius 1 is 1.04 bits per heavy atom. The number of aromatic nitrogens is 2. The predicted molar refractivity (Wildman–Crippen MR) is 105 cm³/mol. The fourth-order valence-corrected chi connectivity index (χ4v) is 2.60. The highest BCUT2D eigenvalue weighted by molar-refractivity contribution is 5.93. The first-order valence-corrected chi connectivity index (χ1v) is 8.75. The number of nitrogens with one attached hydrogen (secondary N) is 2. The van der Waals surface area contributed by atoms with Crippen molar-refractivity contribution < 1.29 is 9.53 Å². The van der Waals surface area contributed by atoms with Gasteiger partial charge in [-0.1, -0.05) is 18.2 Å². The van der Waals surface area contributed by atoms with Gasteiger partial charge >= 0.3 is 0 Å². The Labute approximate surface area is 158 Å². The van der Waals surface area contributed by atoms with Gasteiger partial charge in [0, 0.05) is 24.6 Å². The largest absolute Gasteiger partial charge is 0.497 e. The smallest absolute Gasteiger partial charge is 0.269 e. The van der Waals surface area contributed by atoms with Crippen LogP contribution in [0.4, 0.5) is 5.69 Å². The summed E-state index contributed by atoms with van der Waals surface area (Å²) in [4.78, 5) is 20.8. The van der Waals surface area contributed by atoms with Crippen molar-refractivity contribution >= 4 is 11.6 Å². The van der Waals surface area contributed by atoms with Gasteiger partial charge < -0.3 is 15.4 Å². The molecule has 0 aliphatic carbocycles. The molecule has 0 fully saturated rings. The van der Waals surface area contributed by atoms with Crippen LogP contribution in [-0.4, -0.2) is 29.5 Å². The van der Waals surface area contributed by atoms with Gasteiger partial charge in [-0.25, -0.2) is 0 Å². The maximum Gasteiger partial charge on any atom is 0.269 e. The van der Waals surface area contributed by atoms with Crippen LogP contribution in [0, 0.1) is 0 Å². The van der Waals surface area contributed by atoms with Crippen LogP contribution in [0.2, 0.25) is 0 Å². The maximum absolute atomic E-state index is 12.3. The molecule has 1 aromatic carbocycles. The van der Waals surface area contributed by atoms with Crippen LogP contribution in [0.15, 0.2) is 67.0 Å². The van der Waals surface area contributed by atoms with Gasteiger partial charge in [0.2, 0.25) is 0 Å². The lowest BCUT2D eigenvalue weighted by Crippen LogP contribution is -2.26. The van der Waals surface area contributed by atoms with Gasteiger partial charge in [0.1, 0.15) is 11.4 Å². The van der Waals surface area contributed by atoms with Crippen molar-refractivity contribution in [1.82, 2.24) is 15.3 Å². The van der Waals surface area contributed by atoms with E-state index < -0.39 is 0 Å². The van der Waals surface area contributed by atoms with E-state index in [-0.39, 0.29) is 5.91 Å². The predicted octanol–water partition coefficient (Wildman–Crippen LogP) is 3.07. The topological polar surface area (TPSA) is 76.1 Å². The zero-order valence-corrected chi connectivity index (χ0v) is 15.2. The molecule has 0 saturated carbocycles. The number of rotatable bonds is 8. The Balaban J connectivity index is 1.52. The molecule has 6 nitrogen and oxygen atoms in total. The molecule has 27 heavy (non-hydrogen) atoms. The third-order valence-corrected chi connectivity index (χ3v) is 4.03. The minimum Gasteiger partial charge on any atom is -0.497 e. The van der Waals surface area contributed by atoms with Crippen LogP contribution in [-0.2, 0) is 13.0 Å². The third-order valence-electron chi connectivity index (χ3n) is 4.03. The molecule has 0 aliphatic rings. The number of pyridine rings is 2. The summed E-state index contributed by atoms with van der Waals surface area (Å²) in [7, 11) is 1.64. The average Bonchev–Trinajstić information content (AvgIpc) is 2.73. The number of hydrogen-bond donors (Lipinski definition) is 2. The van der Waals surface area contributed by atoms with Gasteiger partial charge in [-0.15, -0.1) is 0 Å². The van der Waals surface area contributed by atoms with E-state index in [1.165, 1.54) is 0 Å². The molecule has 0 unspecified atom stereocenters. The van der Waals surface area contributed by atoms with Gasteiger partial charge in [0.15, 0.2) is 0 Å². The van der Waals surface area contributed by atoms with Crippen LogP contribution < -0.4 is 15.4 Å². The standard InChI is InChI=1S/C21H22N4O2/c1-27-19-7-4-5-16(13-19)8-11-24-21(26)20-14-17(9-12-23-20)25-15-18-6-2-3-10-22-18/h2-7,9-10,12-14H,8,11,15H2,1H3,(H,23,25)(H,24,26). The summed E-state index contributed by atoms with van der Waals surface area (Å²) in [6.07, 6.45) is 4.10. The van der Waals surface area contributed by atoms with Crippen molar-refractivity contribution in [1.29, 1.82) is 0 Å². The molecule has 2 aromatic heterocycles. The maximum atomic E-state index is 12.3. The van der Waals surface area contributed by atoms with Crippen molar-refractivity contribution in [2.24, 2.45) is 0 Å². The number of carbonyl (C=O) groups is 1. The van der Waals surface area contributed by atoms with E-state index in [1.807, 2.05) is 48.5 Å². The van der Waals surface area contributed by atoms with E-state index in [9.17, 15) is 4.79 Å². The summed E-state index contributed by atoms with van der Waals surface area (Å²) in [6, 6.07) is 17.1. The number of methoxy groups -OCH3 is 1. The molecule has 1 amide bonds. The van der Waals surface area contributed by atoms with Crippen LogP contribution in [0.3, 0.4) is 0 Å². The number of amides is 1. The Kier molecular flexibility index (Phi) is 6.35. The van der Waals surface area contributed by atoms with Crippen molar-refractivity contribution in [2.75, 3.05) is 19.0 Å². The molecule has 0 spiro atoms. The lowest BCUT2D eigenvalue weighted by Gasteiger charge is -2.09. The molecular weight excluding hydrogens is 340 g/mol. The van der Waals surface area contributed by atoms with Gasteiger partial charge in [-0.3, -0.25) is 14.8 Å². The molecule has 3 rings (SSSR count). The fraction of sp³-hybridized carbons (Fsp3) is 0.190. The fourth-order valence-electron chi connectivity index (χ4n) is 2.60. The van der Waals surface area contributed by atoms with E-state index in [1.54, 1.807) is 25.6 Å². The zero-order chi connectivity index (χ0) is 18.9. The first kappa shape index (κ1) is 18.4. The summed E-state index contributed by atoms with van der Waals surface area (Å²) in [6.45, 7) is 1.11. The lowest BCUT2D eigenvalue weighted by atomic mass is 10.1. The van der Waals surface area contributed by atoms with Crippen LogP contribution in [0.5, 0.6) is 5.75 Å². The molecule has 6 heteroatoms.